The first-order valence-corrected chi connectivity index (χ1v) is 36.9. The van der Waals surface area contributed by atoms with Crippen molar-refractivity contribution in [3.8, 4) is 0 Å². The number of rotatable bonds is 10. The zero-order valence-electron chi connectivity index (χ0n) is 22.7. The summed E-state index contributed by atoms with van der Waals surface area (Å²) in [5.41, 5.74) is 1.86. The molecule has 29 heavy (non-hydrogen) atoms. The molecule has 0 rings (SSSR count). The second kappa shape index (κ2) is 11.1. The Hall–Kier alpha value is 2.22. The SMILES string of the molecule is CC(C)[Si]([Si]=[Si](Br)[Si](C(C)C)C([Si](C)(C)C)[Si](C)(C)C)C([Si](C)(C)C)[Si](C)(C)C. The van der Waals surface area contributed by atoms with Crippen LogP contribution in [0.5, 0.6) is 0 Å². The first-order valence-electron chi connectivity index (χ1n) is 11.6. The molecule has 3 radical (unpaired) electrons. The lowest BCUT2D eigenvalue weighted by molar-refractivity contribution is 1.04. The number of hydrogen-bond acceptors (Lipinski definition) is 0. The molecule has 0 aromatic heterocycles. The second-order valence-electron chi connectivity index (χ2n) is 14.0. The number of hydrogen-bond donors (Lipinski definition) is 0. The number of halogens is 1. The van der Waals surface area contributed by atoms with Gasteiger partial charge in [-0.05, 0) is 8.13 Å². The van der Waals surface area contributed by atoms with Gasteiger partial charge in [-0.3, -0.25) is 0 Å². The Labute approximate surface area is 204 Å². The van der Waals surface area contributed by atoms with Crippen LogP contribution in [0.4, 0.5) is 0 Å². The van der Waals surface area contributed by atoms with Crippen molar-refractivity contribution in [1.82, 2.24) is 0 Å². The molecule has 0 spiro atoms. The van der Waals surface area contributed by atoms with Gasteiger partial charge in [0.2, 0.25) is 0 Å². The first kappa shape index (κ1) is 31.2. The summed E-state index contributed by atoms with van der Waals surface area (Å²) in [6, 6.07) is -0.397. The summed E-state index contributed by atoms with van der Waals surface area (Å²) in [5.74, 6) is 0. The van der Waals surface area contributed by atoms with Gasteiger partial charge in [0.25, 0.3) is 0 Å². The molecule has 0 atom stereocenters. The van der Waals surface area contributed by atoms with E-state index in [9.17, 15) is 0 Å². The Bertz CT molecular complexity index is 519. The molecule has 0 aliphatic rings. The molecule has 0 amide bonds. The molecule has 0 nitrogen and oxygen atoms in total. The van der Waals surface area contributed by atoms with Gasteiger partial charge in [-0.2, -0.15) is 0 Å². The van der Waals surface area contributed by atoms with E-state index in [0.29, 0.717) is 0 Å². The molecule has 0 aliphatic heterocycles. The smallest absolute Gasteiger partial charge is 0.0689 e. The van der Waals surface area contributed by atoms with Crippen LogP contribution in [0, 0.1) is 0 Å². The van der Waals surface area contributed by atoms with E-state index in [1.807, 2.05) is 0 Å². The highest BCUT2D eigenvalue weighted by Crippen LogP contribution is 2.40. The van der Waals surface area contributed by atoms with Gasteiger partial charge >= 0.3 is 0 Å². The molecule has 0 saturated carbocycles. The lowest BCUT2D eigenvalue weighted by atomic mass is 10.6. The van der Waals surface area contributed by atoms with Crippen molar-refractivity contribution >= 4 is 78.4 Å². The average Bonchev–Trinajstić information content (AvgIpc) is 2.36. The Morgan fingerprint density at radius 2 is 0.862 bits per heavy atom. The largest absolute Gasteiger partial charge is 0.109 e. The molecule has 0 fully saturated rings. The molecule has 0 aromatic rings. The van der Waals surface area contributed by atoms with Crippen LogP contribution in [0.15, 0.2) is 0 Å². The van der Waals surface area contributed by atoms with Crippen molar-refractivity contribution in [1.29, 1.82) is 0 Å². The van der Waals surface area contributed by atoms with Crippen molar-refractivity contribution in [3.63, 3.8) is 0 Å². The lowest BCUT2D eigenvalue weighted by Crippen LogP contribution is -2.58. The Balaban J connectivity index is 6.58. The van der Waals surface area contributed by atoms with Gasteiger partial charge in [0.1, 0.15) is 0 Å². The minimum absolute atomic E-state index is 0.308. The molecule has 0 aliphatic carbocycles. The minimum atomic E-state index is -1.15. The van der Waals surface area contributed by atoms with Crippen LogP contribution in [-0.4, -0.2) is 63.1 Å². The minimum Gasteiger partial charge on any atom is -0.109 e. The molecular formula is C20H52BrSi8. The fraction of sp³-hybridized carbons (Fsp3) is 1.00. The summed E-state index contributed by atoms with van der Waals surface area (Å²) in [5, 5.41) is 0. The van der Waals surface area contributed by atoms with Crippen molar-refractivity contribution in [2.24, 2.45) is 0 Å². The molecule has 0 heterocycles. The Morgan fingerprint density at radius 1 is 0.552 bits per heavy atom. The van der Waals surface area contributed by atoms with Gasteiger partial charge in [0.05, 0.1) is 22.7 Å². The van der Waals surface area contributed by atoms with E-state index in [4.69, 9.17) is 0 Å². The Morgan fingerprint density at radius 3 is 1.07 bits per heavy atom. The van der Waals surface area contributed by atoms with E-state index >= 15 is 0 Å². The third kappa shape index (κ3) is 9.54. The second-order valence-corrected chi connectivity index (χ2v) is 62.6. The molecule has 0 aromatic carbocycles. The molecular weight excluding hydrogens is 545 g/mol. The van der Waals surface area contributed by atoms with Crippen LogP contribution in [0.25, 0.3) is 0 Å². The molecule has 0 unspecified atom stereocenters. The summed E-state index contributed by atoms with van der Waals surface area (Å²) in [4.78, 5) is 2.27. The van der Waals surface area contributed by atoms with Gasteiger partial charge in [0, 0.05) is 32.3 Å². The zero-order chi connectivity index (χ0) is 23.7. The van der Waals surface area contributed by atoms with Crippen LogP contribution in [-0.2, 0) is 0 Å². The van der Waals surface area contributed by atoms with Crippen LogP contribution in [0.1, 0.15) is 27.7 Å². The molecule has 0 N–H and O–H groups in total. The van der Waals surface area contributed by atoms with E-state index in [1.165, 1.54) is 8.13 Å². The van der Waals surface area contributed by atoms with E-state index in [-0.39, 0.29) is 16.6 Å². The molecule has 0 saturated heterocycles. The maximum atomic E-state index is 4.56. The van der Waals surface area contributed by atoms with Crippen molar-refractivity contribution in [3.05, 3.63) is 0 Å². The summed E-state index contributed by atoms with van der Waals surface area (Å²) in [6.45, 7) is 42.6. The fourth-order valence-electron chi connectivity index (χ4n) is 5.93. The highest BCUT2D eigenvalue weighted by atomic mass is 79.9. The quantitative estimate of drug-likeness (QED) is 0.176. The third-order valence-electron chi connectivity index (χ3n) is 5.84. The highest BCUT2D eigenvalue weighted by Gasteiger charge is 2.47. The highest BCUT2D eigenvalue weighted by molar-refractivity contribution is 9.26. The van der Waals surface area contributed by atoms with Crippen LogP contribution in [0.2, 0.25) is 99.2 Å². The van der Waals surface area contributed by atoms with E-state index in [0.717, 1.165) is 20.7 Å². The predicted molar refractivity (Wildman–Crippen MR) is 163 cm³/mol. The van der Waals surface area contributed by atoms with E-state index in [1.54, 1.807) is 0 Å². The van der Waals surface area contributed by atoms with Gasteiger partial charge in [-0.1, -0.05) is 127 Å². The fourth-order valence-corrected chi connectivity index (χ4v) is 113. The van der Waals surface area contributed by atoms with E-state index in [2.05, 4.69) is 122 Å². The standard InChI is InChI=1S/C20H52BrSi8/c1-17(2)23(19(26(5,6)7)27(8,9)10)22-25(21)24(18(3)4)20(28(11,12)13)29(14,15)16/h17-20H,1-16H3. The molecule has 9 heteroatoms. The normalized spacial score (nSPS) is 15.8. The molecule has 171 valence electrons. The van der Waals surface area contributed by atoms with E-state index < -0.39 is 38.3 Å². The van der Waals surface area contributed by atoms with Crippen LogP contribution >= 0.6 is 15.3 Å². The van der Waals surface area contributed by atoms with Gasteiger partial charge in [0.15, 0.2) is 0 Å². The summed E-state index contributed by atoms with van der Waals surface area (Å²) in [6.07, 6.45) is 0. The summed E-state index contributed by atoms with van der Waals surface area (Å²) in [7, 11) is -3.92. The monoisotopic (exact) mass is 595 g/mol. The first-order chi connectivity index (χ1) is 12.5. The average molecular weight is 597 g/mol. The van der Waals surface area contributed by atoms with Crippen molar-refractivity contribution in [2.75, 3.05) is 0 Å². The van der Waals surface area contributed by atoms with Crippen LogP contribution in [0.3, 0.4) is 0 Å². The van der Waals surface area contributed by atoms with Crippen LogP contribution < -0.4 is 0 Å². The maximum Gasteiger partial charge on any atom is 0.0689 e. The predicted octanol–water partition coefficient (Wildman–Crippen LogP) is 8.21. The van der Waals surface area contributed by atoms with Crippen molar-refractivity contribution < 1.29 is 0 Å². The zero-order valence-corrected chi connectivity index (χ0v) is 32.3. The molecule has 0 bridgehead atoms. The topological polar surface area (TPSA) is 0 Å². The third-order valence-corrected chi connectivity index (χ3v) is 73.8. The lowest BCUT2D eigenvalue weighted by Gasteiger charge is -2.46. The maximum absolute atomic E-state index is 4.56. The summed E-state index contributed by atoms with van der Waals surface area (Å²) >= 11 is 4.56. The van der Waals surface area contributed by atoms with Gasteiger partial charge in [-0.25, -0.2) is 0 Å². The van der Waals surface area contributed by atoms with Crippen molar-refractivity contribution in [2.45, 2.75) is 127 Å². The van der Waals surface area contributed by atoms with Gasteiger partial charge in [-0.15, -0.1) is 15.3 Å². The van der Waals surface area contributed by atoms with Gasteiger partial charge < -0.3 is 0 Å². The summed E-state index contributed by atoms with van der Waals surface area (Å²) < 4.78 is 0. The Kier molecular flexibility index (Phi) is 11.9.